The first-order valence-electron chi connectivity index (χ1n) is 7.29. The van der Waals surface area contributed by atoms with E-state index in [4.69, 9.17) is 0 Å². The van der Waals surface area contributed by atoms with Crippen molar-refractivity contribution in [2.24, 2.45) is 10.8 Å². The molecule has 0 aromatic heterocycles. The summed E-state index contributed by atoms with van der Waals surface area (Å²) in [6.45, 7) is 14.5. The number of likely N-dealkylation sites (tertiary alicyclic amines) is 1. The van der Waals surface area contributed by atoms with E-state index in [0.29, 0.717) is 23.0 Å². The van der Waals surface area contributed by atoms with E-state index >= 15 is 0 Å². The summed E-state index contributed by atoms with van der Waals surface area (Å²) in [6.07, 6.45) is 2.20. The predicted octanol–water partition coefficient (Wildman–Crippen LogP) is 2.71. The van der Waals surface area contributed by atoms with E-state index < -0.39 is 9.84 Å². The molecule has 0 aromatic rings. The topological polar surface area (TPSA) is 37.4 Å². The molecule has 0 amide bonds. The van der Waals surface area contributed by atoms with Gasteiger partial charge >= 0.3 is 0 Å². The second kappa shape index (κ2) is 4.20. The lowest BCUT2D eigenvalue weighted by Crippen LogP contribution is -2.52. The first kappa shape index (κ1) is 15.3. The maximum atomic E-state index is 11.6. The van der Waals surface area contributed by atoms with Crippen LogP contribution in [0.25, 0.3) is 0 Å². The Labute approximate surface area is 118 Å². The van der Waals surface area contributed by atoms with Crippen LogP contribution in [-0.4, -0.2) is 42.9 Å². The molecule has 1 atom stereocenters. The van der Waals surface area contributed by atoms with Gasteiger partial charge in [-0.25, -0.2) is 8.42 Å². The van der Waals surface area contributed by atoms with Gasteiger partial charge in [-0.15, -0.1) is 0 Å². The van der Waals surface area contributed by atoms with Gasteiger partial charge in [0.2, 0.25) is 0 Å². The molecule has 0 bridgehead atoms. The predicted molar refractivity (Wildman–Crippen MR) is 80.0 cm³/mol. The average molecular weight is 287 g/mol. The van der Waals surface area contributed by atoms with Gasteiger partial charge < -0.3 is 0 Å². The quantitative estimate of drug-likeness (QED) is 0.744. The lowest BCUT2D eigenvalue weighted by Gasteiger charge is -2.41. The third-order valence-electron chi connectivity index (χ3n) is 4.38. The molecule has 2 fully saturated rings. The van der Waals surface area contributed by atoms with Crippen molar-refractivity contribution in [1.82, 2.24) is 4.90 Å². The van der Waals surface area contributed by atoms with Crippen molar-refractivity contribution in [3.05, 3.63) is 0 Å². The van der Waals surface area contributed by atoms with Crippen LogP contribution in [0.2, 0.25) is 0 Å². The second-order valence-corrected chi connectivity index (χ2v) is 11.0. The highest BCUT2D eigenvalue weighted by atomic mass is 32.2. The minimum absolute atomic E-state index is 0.0576. The summed E-state index contributed by atoms with van der Waals surface area (Å²) in [7, 11) is -2.74. The largest absolute Gasteiger partial charge is 0.295 e. The van der Waals surface area contributed by atoms with Gasteiger partial charge in [0.05, 0.1) is 11.5 Å². The van der Waals surface area contributed by atoms with Crippen LogP contribution in [0.1, 0.15) is 54.4 Å². The highest BCUT2D eigenvalue weighted by molar-refractivity contribution is 7.92. The van der Waals surface area contributed by atoms with E-state index in [0.717, 1.165) is 19.4 Å². The number of hydrogen-bond donors (Lipinski definition) is 0. The van der Waals surface area contributed by atoms with Crippen molar-refractivity contribution >= 4 is 9.84 Å². The Morgan fingerprint density at radius 3 is 2.00 bits per heavy atom. The van der Waals surface area contributed by atoms with Gasteiger partial charge in [0.1, 0.15) is 0 Å². The van der Waals surface area contributed by atoms with Crippen molar-refractivity contribution in [3.63, 3.8) is 0 Å². The van der Waals surface area contributed by atoms with Crippen LogP contribution in [0.15, 0.2) is 0 Å². The van der Waals surface area contributed by atoms with Gasteiger partial charge in [0.25, 0.3) is 0 Å². The highest BCUT2D eigenvalue weighted by Crippen LogP contribution is 2.48. The Morgan fingerprint density at radius 2 is 1.63 bits per heavy atom. The molecule has 1 unspecified atom stereocenters. The maximum Gasteiger partial charge on any atom is 0.151 e. The summed E-state index contributed by atoms with van der Waals surface area (Å²) in [6, 6.07) is 0.524. The SMILES string of the molecule is CC(C)(C)CC1CC2(CN1C(C)(C)C)CS(=O)(=O)C2. The van der Waals surface area contributed by atoms with Gasteiger partial charge in [0, 0.05) is 23.5 Å². The van der Waals surface area contributed by atoms with Crippen molar-refractivity contribution in [2.75, 3.05) is 18.1 Å². The zero-order chi connectivity index (χ0) is 14.7. The monoisotopic (exact) mass is 287 g/mol. The molecule has 2 aliphatic rings. The zero-order valence-electron chi connectivity index (χ0n) is 13.3. The van der Waals surface area contributed by atoms with Gasteiger partial charge in [-0.2, -0.15) is 0 Å². The molecule has 2 saturated heterocycles. The average Bonchev–Trinajstić information content (AvgIpc) is 2.37. The Balaban J connectivity index is 2.17. The minimum Gasteiger partial charge on any atom is -0.295 e. The smallest absolute Gasteiger partial charge is 0.151 e. The molecule has 0 aromatic carbocycles. The molecular weight excluding hydrogens is 258 g/mol. The van der Waals surface area contributed by atoms with E-state index in [9.17, 15) is 8.42 Å². The second-order valence-electron chi connectivity index (χ2n) is 8.95. The van der Waals surface area contributed by atoms with Crippen LogP contribution in [0.4, 0.5) is 0 Å². The van der Waals surface area contributed by atoms with Crippen LogP contribution in [0.3, 0.4) is 0 Å². The Bertz CT molecular complexity index is 442. The van der Waals surface area contributed by atoms with Crippen molar-refractivity contribution in [2.45, 2.75) is 66.0 Å². The van der Waals surface area contributed by atoms with Gasteiger partial charge in [-0.1, -0.05) is 20.8 Å². The number of rotatable bonds is 1. The van der Waals surface area contributed by atoms with Crippen LogP contribution < -0.4 is 0 Å². The van der Waals surface area contributed by atoms with E-state index in [-0.39, 0.29) is 11.0 Å². The van der Waals surface area contributed by atoms with Crippen LogP contribution in [0.5, 0.6) is 0 Å². The molecule has 2 heterocycles. The lowest BCUT2D eigenvalue weighted by atomic mass is 9.82. The zero-order valence-corrected chi connectivity index (χ0v) is 14.1. The summed E-state index contributed by atoms with van der Waals surface area (Å²) in [5, 5.41) is 0. The fourth-order valence-electron chi connectivity index (χ4n) is 3.94. The standard InChI is InChI=1S/C15H29NO2S/c1-13(2,3)7-12-8-15(10-19(17,18)11-15)9-16(12)14(4,5)6/h12H,7-11H2,1-6H3. The summed E-state index contributed by atoms with van der Waals surface area (Å²) in [4.78, 5) is 2.55. The first-order valence-corrected chi connectivity index (χ1v) is 9.11. The van der Waals surface area contributed by atoms with Crippen molar-refractivity contribution in [1.29, 1.82) is 0 Å². The van der Waals surface area contributed by atoms with E-state index in [1.807, 2.05) is 0 Å². The number of nitrogens with zero attached hydrogens (tertiary/aromatic N) is 1. The summed E-state index contributed by atoms with van der Waals surface area (Å²) >= 11 is 0. The van der Waals surface area contributed by atoms with Gasteiger partial charge in [0.15, 0.2) is 9.84 Å². The number of sulfone groups is 1. The molecule has 3 nitrogen and oxygen atoms in total. The first-order chi connectivity index (χ1) is 8.32. The molecule has 19 heavy (non-hydrogen) atoms. The molecule has 0 aliphatic carbocycles. The third-order valence-corrected chi connectivity index (χ3v) is 6.48. The Hall–Kier alpha value is -0.0900. The third kappa shape index (κ3) is 3.33. The van der Waals surface area contributed by atoms with Crippen LogP contribution >= 0.6 is 0 Å². The number of hydrogen-bond acceptors (Lipinski definition) is 3. The summed E-state index contributed by atoms with van der Waals surface area (Å²) < 4.78 is 23.2. The van der Waals surface area contributed by atoms with Crippen molar-refractivity contribution < 1.29 is 8.42 Å². The fourth-order valence-corrected chi connectivity index (χ4v) is 6.14. The van der Waals surface area contributed by atoms with Crippen molar-refractivity contribution in [3.8, 4) is 0 Å². The normalized spacial score (nSPS) is 30.5. The molecule has 0 N–H and O–H groups in total. The Morgan fingerprint density at radius 1 is 1.11 bits per heavy atom. The van der Waals surface area contributed by atoms with Crippen LogP contribution in [-0.2, 0) is 9.84 Å². The summed E-state index contributed by atoms with van der Waals surface area (Å²) in [5.74, 6) is 0.820. The highest BCUT2D eigenvalue weighted by Gasteiger charge is 2.56. The molecule has 112 valence electrons. The van der Waals surface area contributed by atoms with E-state index in [1.54, 1.807) is 0 Å². The molecule has 4 heteroatoms. The molecule has 2 aliphatic heterocycles. The molecule has 0 saturated carbocycles. The van der Waals surface area contributed by atoms with Crippen LogP contribution in [0, 0.1) is 10.8 Å². The molecule has 1 spiro atoms. The Kier molecular flexibility index (Phi) is 3.38. The lowest BCUT2D eigenvalue weighted by molar-refractivity contribution is 0.0903. The minimum atomic E-state index is -2.74. The molecule has 2 rings (SSSR count). The van der Waals surface area contributed by atoms with E-state index in [1.165, 1.54) is 0 Å². The molecule has 0 radical (unpaired) electrons. The maximum absolute atomic E-state index is 11.6. The van der Waals surface area contributed by atoms with Gasteiger partial charge in [-0.3, -0.25) is 4.90 Å². The van der Waals surface area contributed by atoms with E-state index in [2.05, 4.69) is 46.4 Å². The summed E-state index contributed by atoms with van der Waals surface area (Å²) in [5.41, 5.74) is 0.475. The molecular formula is C15H29NO2S. The van der Waals surface area contributed by atoms with Gasteiger partial charge in [-0.05, 0) is 39.0 Å². The fraction of sp³-hybridized carbons (Fsp3) is 1.00.